The molecule has 0 aliphatic carbocycles. The van der Waals surface area contributed by atoms with Gasteiger partial charge < -0.3 is 10.1 Å². The number of carbonyl (C=O) groups excluding carboxylic acids is 1. The van der Waals surface area contributed by atoms with Crippen molar-refractivity contribution in [1.82, 2.24) is 10.3 Å². The summed E-state index contributed by atoms with van der Waals surface area (Å²) in [6.07, 6.45) is 1.71. The zero-order valence-electron chi connectivity index (χ0n) is 13.5. The number of nitrogens with zero attached hydrogens (tertiary/aromatic N) is 1. The third-order valence-corrected chi connectivity index (χ3v) is 3.99. The van der Waals surface area contributed by atoms with Gasteiger partial charge in [0.25, 0.3) is 0 Å². The Labute approximate surface area is 141 Å². The van der Waals surface area contributed by atoms with E-state index in [0.29, 0.717) is 5.02 Å². The van der Waals surface area contributed by atoms with E-state index in [1.165, 1.54) is 0 Å². The molecular weight excluding hydrogens is 312 g/mol. The molecule has 23 heavy (non-hydrogen) atoms. The fraction of sp³-hybridized carbons (Fsp3) is 0.333. The lowest BCUT2D eigenvalue weighted by Gasteiger charge is -2.25. The Kier molecular flexibility index (Phi) is 6.13. The van der Waals surface area contributed by atoms with Crippen molar-refractivity contribution in [2.45, 2.75) is 32.4 Å². The van der Waals surface area contributed by atoms with Gasteiger partial charge in [-0.05, 0) is 31.5 Å². The van der Waals surface area contributed by atoms with Gasteiger partial charge in [0.05, 0.1) is 12.5 Å². The van der Waals surface area contributed by atoms with Crippen molar-refractivity contribution in [2.24, 2.45) is 0 Å². The molecule has 1 aromatic carbocycles. The number of methoxy groups -OCH3 is 1. The number of carbonyl (C=O) groups is 1. The van der Waals surface area contributed by atoms with Crippen molar-refractivity contribution in [3.8, 4) is 0 Å². The number of hydrogen-bond donors (Lipinski definition) is 1. The third-order valence-electron chi connectivity index (χ3n) is 3.65. The molecule has 2 aromatic rings. The van der Waals surface area contributed by atoms with E-state index in [0.717, 1.165) is 16.8 Å². The molecule has 2 atom stereocenters. The first kappa shape index (κ1) is 17.4. The number of rotatable bonds is 6. The van der Waals surface area contributed by atoms with Crippen LogP contribution in [0.15, 0.2) is 42.6 Å². The molecule has 1 amide bonds. The second kappa shape index (κ2) is 8.09. The van der Waals surface area contributed by atoms with Gasteiger partial charge in [-0.15, -0.1) is 0 Å². The molecule has 0 radical (unpaired) electrons. The fourth-order valence-corrected chi connectivity index (χ4v) is 2.72. The monoisotopic (exact) mass is 332 g/mol. The van der Waals surface area contributed by atoms with Crippen LogP contribution in [0, 0.1) is 6.92 Å². The molecule has 122 valence electrons. The van der Waals surface area contributed by atoms with Crippen molar-refractivity contribution in [3.05, 3.63) is 64.4 Å². The molecule has 0 fully saturated rings. The number of ether oxygens (including phenoxy) is 1. The predicted octanol–water partition coefficient (Wildman–Crippen LogP) is 3.48. The average molecular weight is 333 g/mol. The summed E-state index contributed by atoms with van der Waals surface area (Å²) in [6, 6.07) is 11.1. The Morgan fingerprint density at radius 2 is 2.04 bits per heavy atom. The SMILES string of the molecule is CO[C@H](c1ccccc1Cl)[C@@H](C)NC(=O)Cc1ccc(C)nc1. The highest BCUT2D eigenvalue weighted by molar-refractivity contribution is 6.31. The van der Waals surface area contributed by atoms with Crippen LogP contribution in [0.5, 0.6) is 0 Å². The van der Waals surface area contributed by atoms with Crippen LogP contribution in [0.25, 0.3) is 0 Å². The molecule has 0 aliphatic rings. The van der Waals surface area contributed by atoms with E-state index in [1.807, 2.05) is 50.2 Å². The highest BCUT2D eigenvalue weighted by Gasteiger charge is 2.22. The standard InChI is InChI=1S/C18H21ClN2O2/c1-12-8-9-14(11-20-12)10-17(22)21-13(2)18(23-3)15-6-4-5-7-16(15)19/h4-9,11,13,18H,10H2,1-3H3,(H,21,22)/t13-,18+/m1/s1. The molecule has 1 aromatic heterocycles. The maximum atomic E-state index is 12.2. The Morgan fingerprint density at radius 3 is 2.65 bits per heavy atom. The van der Waals surface area contributed by atoms with E-state index in [2.05, 4.69) is 10.3 Å². The number of pyridine rings is 1. The molecule has 0 unspecified atom stereocenters. The first-order chi connectivity index (χ1) is 11.0. The van der Waals surface area contributed by atoms with Gasteiger partial charge >= 0.3 is 0 Å². The van der Waals surface area contributed by atoms with Gasteiger partial charge in [0, 0.05) is 29.6 Å². The van der Waals surface area contributed by atoms with Crippen LogP contribution in [-0.4, -0.2) is 24.0 Å². The summed E-state index contributed by atoms with van der Waals surface area (Å²) in [6.45, 7) is 3.82. The van der Waals surface area contributed by atoms with E-state index in [1.54, 1.807) is 13.3 Å². The van der Waals surface area contributed by atoms with E-state index in [-0.39, 0.29) is 24.5 Å². The molecule has 0 saturated heterocycles. The molecule has 0 saturated carbocycles. The zero-order valence-corrected chi connectivity index (χ0v) is 14.3. The molecule has 0 bridgehead atoms. The Hall–Kier alpha value is -1.91. The number of hydrogen-bond acceptors (Lipinski definition) is 3. The maximum absolute atomic E-state index is 12.2. The minimum absolute atomic E-state index is 0.0720. The third kappa shape index (κ3) is 4.78. The summed E-state index contributed by atoms with van der Waals surface area (Å²) in [5, 5.41) is 3.60. The largest absolute Gasteiger partial charge is 0.375 e. The maximum Gasteiger partial charge on any atom is 0.224 e. The number of nitrogens with one attached hydrogen (secondary N) is 1. The van der Waals surface area contributed by atoms with Crippen molar-refractivity contribution < 1.29 is 9.53 Å². The van der Waals surface area contributed by atoms with Crippen LogP contribution < -0.4 is 5.32 Å². The molecule has 1 heterocycles. The molecule has 2 rings (SSSR count). The molecule has 0 spiro atoms. The predicted molar refractivity (Wildman–Crippen MR) is 91.5 cm³/mol. The smallest absolute Gasteiger partial charge is 0.224 e. The zero-order chi connectivity index (χ0) is 16.8. The van der Waals surface area contributed by atoms with Crippen molar-refractivity contribution in [2.75, 3.05) is 7.11 Å². The number of aromatic nitrogens is 1. The summed E-state index contributed by atoms with van der Waals surface area (Å²) < 4.78 is 5.53. The highest BCUT2D eigenvalue weighted by atomic mass is 35.5. The summed E-state index contributed by atoms with van der Waals surface area (Å²) >= 11 is 6.22. The molecule has 5 heteroatoms. The van der Waals surface area contributed by atoms with Gasteiger partial charge in [-0.25, -0.2) is 0 Å². The topological polar surface area (TPSA) is 51.2 Å². The van der Waals surface area contributed by atoms with Crippen LogP contribution in [0.3, 0.4) is 0 Å². The number of amides is 1. The second-order valence-corrected chi connectivity index (χ2v) is 5.93. The van der Waals surface area contributed by atoms with Crippen LogP contribution >= 0.6 is 11.6 Å². The lowest BCUT2D eigenvalue weighted by molar-refractivity contribution is -0.122. The van der Waals surface area contributed by atoms with E-state index < -0.39 is 0 Å². The molecule has 4 nitrogen and oxygen atoms in total. The summed E-state index contributed by atoms with van der Waals surface area (Å²) in [4.78, 5) is 16.4. The van der Waals surface area contributed by atoms with Crippen molar-refractivity contribution in [3.63, 3.8) is 0 Å². The number of aryl methyl sites for hydroxylation is 1. The lowest BCUT2D eigenvalue weighted by Crippen LogP contribution is -2.38. The summed E-state index contributed by atoms with van der Waals surface area (Å²) in [5.41, 5.74) is 2.68. The Balaban J connectivity index is 2.01. The van der Waals surface area contributed by atoms with Gasteiger partial charge in [-0.3, -0.25) is 9.78 Å². The Bertz CT molecular complexity index is 658. The first-order valence-corrected chi connectivity index (χ1v) is 7.87. The van der Waals surface area contributed by atoms with Crippen LogP contribution in [0.1, 0.15) is 29.8 Å². The van der Waals surface area contributed by atoms with Gasteiger partial charge in [-0.1, -0.05) is 35.9 Å². The van der Waals surface area contributed by atoms with E-state index >= 15 is 0 Å². The van der Waals surface area contributed by atoms with Gasteiger partial charge in [0.15, 0.2) is 0 Å². The molecular formula is C18H21ClN2O2. The quantitative estimate of drug-likeness (QED) is 0.881. The minimum atomic E-state index is -0.302. The fourth-order valence-electron chi connectivity index (χ4n) is 2.48. The van der Waals surface area contributed by atoms with Gasteiger partial charge in [0.1, 0.15) is 6.10 Å². The molecule has 1 N–H and O–H groups in total. The normalized spacial score (nSPS) is 13.4. The average Bonchev–Trinajstić information content (AvgIpc) is 2.52. The van der Waals surface area contributed by atoms with E-state index in [9.17, 15) is 4.79 Å². The first-order valence-electron chi connectivity index (χ1n) is 7.49. The van der Waals surface area contributed by atoms with Gasteiger partial charge in [-0.2, -0.15) is 0 Å². The van der Waals surface area contributed by atoms with Crippen LogP contribution in [0.2, 0.25) is 5.02 Å². The lowest BCUT2D eigenvalue weighted by atomic mass is 10.0. The summed E-state index contributed by atoms with van der Waals surface area (Å²) in [7, 11) is 1.61. The highest BCUT2D eigenvalue weighted by Crippen LogP contribution is 2.27. The number of benzene rings is 1. The van der Waals surface area contributed by atoms with Crippen molar-refractivity contribution in [1.29, 1.82) is 0 Å². The minimum Gasteiger partial charge on any atom is -0.375 e. The van der Waals surface area contributed by atoms with Gasteiger partial charge in [0.2, 0.25) is 5.91 Å². The van der Waals surface area contributed by atoms with Crippen molar-refractivity contribution >= 4 is 17.5 Å². The summed E-state index contributed by atoms with van der Waals surface area (Å²) in [5.74, 6) is -0.0720. The van der Waals surface area contributed by atoms with E-state index in [4.69, 9.17) is 16.3 Å². The number of halogens is 1. The second-order valence-electron chi connectivity index (χ2n) is 5.52. The Morgan fingerprint density at radius 1 is 1.30 bits per heavy atom. The molecule has 0 aliphatic heterocycles. The van der Waals surface area contributed by atoms with Crippen LogP contribution in [-0.2, 0) is 16.0 Å². The van der Waals surface area contributed by atoms with Crippen LogP contribution in [0.4, 0.5) is 0 Å².